The zero-order valence-corrected chi connectivity index (χ0v) is 19.1. The van der Waals surface area contributed by atoms with E-state index in [0.29, 0.717) is 29.8 Å². The zero-order chi connectivity index (χ0) is 23.5. The summed E-state index contributed by atoms with van der Waals surface area (Å²) in [7, 11) is 0. The molecule has 0 amide bonds. The summed E-state index contributed by atoms with van der Waals surface area (Å²) in [6.45, 7) is 2.03. The van der Waals surface area contributed by atoms with Crippen LogP contribution in [0.15, 0.2) is 101 Å². The van der Waals surface area contributed by atoms with Gasteiger partial charge in [-0.1, -0.05) is 66.7 Å². The number of hydrogen-bond donors (Lipinski definition) is 0. The minimum absolute atomic E-state index is 0.0304. The molecule has 5 nitrogen and oxygen atoms in total. The van der Waals surface area contributed by atoms with Crippen molar-refractivity contribution < 1.29 is 14.3 Å². The van der Waals surface area contributed by atoms with Crippen LogP contribution in [-0.4, -0.2) is 22.4 Å². The van der Waals surface area contributed by atoms with Gasteiger partial charge in [-0.2, -0.15) is 0 Å². The minimum atomic E-state index is -0.686. The van der Waals surface area contributed by atoms with Gasteiger partial charge in [0.1, 0.15) is 12.5 Å². The largest absolute Gasteiger partial charge is 0.460 e. The number of aliphatic imine (C=N–C) groups is 1. The van der Waals surface area contributed by atoms with Crippen LogP contribution in [0.1, 0.15) is 48.4 Å². The monoisotopic (exact) mass is 450 g/mol. The molecular formula is C29H26N2O3. The Morgan fingerprint density at radius 1 is 0.941 bits per heavy atom. The normalized spacial score (nSPS) is 22.1. The van der Waals surface area contributed by atoms with Crippen molar-refractivity contribution in [2.45, 2.75) is 38.2 Å². The third-order valence-electron chi connectivity index (χ3n) is 6.64. The van der Waals surface area contributed by atoms with E-state index in [9.17, 15) is 9.59 Å². The Morgan fingerprint density at radius 2 is 1.65 bits per heavy atom. The molecule has 1 unspecified atom stereocenters. The predicted octanol–water partition coefficient (Wildman–Crippen LogP) is 5.40. The van der Waals surface area contributed by atoms with Gasteiger partial charge in [0, 0.05) is 35.3 Å². The number of ketones is 1. The fourth-order valence-electron chi connectivity index (χ4n) is 5.02. The Labute approximate surface area is 199 Å². The van der Waals surface area contributed by atoms with Crippen molar-refractivity contribution in [3.63, 3.8) is 0 Å². The highest BCUT2D eigenvalue weighted by Gasteiger charge is 2.45. The minimum Gasteiger partial charge on any atom is -0.460 e. The number of rotatable bonds is 5. The second-order valence-corrected chi connectivity index (χ2v) is 8.86. The molecule has 0 radical (unpaired) electrons. The zero-order valence-electron chi connectivity index (χ0n) is 19.1. The molecule has 2 heterocycles. The smallest absolute Gasteiger partial charge is 0.316 e. The number of allylic oxidation sites excluding steroid dienone is 2. The van der Waals surface area contributed by atoms with Gasteiger partial charge < -0.3 is 4.74 Å². The van der Waals surface area contributed by atoms with Gasteiger partial charge in [-0.3, -0.25) is 19.6 Å². The highest BCUT2D eigenvalue weighted by Crippen LogP contribution is 2.46. The maximum atomic E-state index is 13.5. The first kappa shape index (κ1) is 22.0. The van der Waals surface area contributed by atoms with E-state index in [1.807, 2.05) is 73.7 Å². The number of esters is 1. The first-order valence-electron chi connectivity index (χ1n) is 11.6. The van der Waals surface area contributed by atoms with Crippen molar-refractivity contribution in [3.05, 3.63) is 113 Å². The highest BCUT2D eigenvalue weighted by atomic mass is 16.5. The van der Waals surface area contributed by atoms with E-state index >= 15 is 0 Å². The van der Waals surface area contributed by atoms with Gasteiger partial charge in [-0.05, 0) is 42.5 Å². The molecule has 34 heavy (non-hydrogen) atoms. The molecule has 3 atom stereocenters. The number of nitrogens with zero attached hydrogens (tertiary/aromatic N) is 2. The van der Waals surface area contributed by atoms with E-state index in [2.05, 4.69) is 17.1 Å². The molecule has 2 aromatic carbocycles. The van der Waals surface area contributed by atoms with Gasteiger partial charge in [0.25, 0.3) is 0 Å². The number of aromatic nitrogens is 1. The van der Waals surface area contributed by atoms with Crippen LogP contribution in [0.5, 0.6) is 0 Å². The summed E-state index contributed by atoms with van der Waals surface area (Å²) in [4.78, 5) is 36.3. The molecule has 1 aliphatic heterocycles. The molecular weight excluding hydrogens is 424 g/mol. The van der Waals surface area contributed by atoms with E-state index in [4.69, 9.17) is 9.73 Å². The van der Waals surface area contributed by atoms with Gasteiger partial charge >= 0.3 is 5.97 Å². The maximum absolute atomic E-state index is 13.5. The van der Waals surface area contributed by atoms with Gasteiger partial charge in [0.05, 0.1) is 5.92 Å². The lowest BCUT2D eigenvalue weighted by Crippen LogP contribution is -2.38. The summed E-state index contributed by atoms with van der Waals surface area (Å²) in [5.41, 5.74) is 4.78. The van der Waals surface area contributed by atoms with Gasteiger partial charge in [0.15, 0.2) is 5.78 Å². The van der Waals surface area contributed by atoms with Crippen molar-refractivity contribution in [1.29, 1.82) is 0 Å². The molecule has 3 aromatic rings. The van der Waals surface area contributed by atoms with Gasteiger partial charge in [-0.15, -0.1) is 0 Å². The van der Waals surface area contributed by atoms with Crippen molar-refractivity contribution in [2.75, 3.05) is 0 Å². The molecule has 1 aromatic heterocycles. The third kappa shape index (κ3) is 4.34. The number of pyridine rings is 1. The Bertz CT molecular complexity index is 1250. The Balaban J connectivity index is 1.49. The summed E-state index contributed by atoms with van der Waals surface area (Å²) in [5.74, 6) is -1.46. The van der Waals surface area contributed by atoms with Gasteiger partial charge in [-0.25, -0.2) is 0 Å². The topological polar surface area (TPSA) is 68.6 Å². The Morgan fingerprint density at radius 3 is 2.35 bits per heavy atom. The quantitative estimate of drug-likeness (QED) is 0.488. The molecule has 0 saturated carbocycles. The fraction of sp³-hybridized carbons (Fsp3) is 0.241. The first-order chi connectivity index (χ1) is 16.6. The van der Waals surface area contributed by atoms with Crippen molar-refractivity contribution in [2.24, 2.45) is 10.9 Å². The molecule has 1 aliphatic carbocycles. The van der Waals surface area contributed by atoms with Crippen molar-refractivity contribution in [1.82, 2.24) is 4.98 Å². The second-order valence-electron chi connectivity index (χ2n) is 8.86. The van der Waals surface area contributed by atoms with E-state index in [1.54, 1.807) is 6.20 Å². The summed E-state index contributed by atoms with van der Waals surface area (Å²) in [6.07, 6.45) is 2.76. The van der Waals surface area contributed by atoms with Crippen LogP contribution in [0.2, 0.25) is 0 Å². The number of carbonyl (C=O) groups is 2. The second kappa shape index (κ2) is 9.56. The number of carbonyl (C=O) groups excluding carboxylic acids is 2. The fourth-order valence-corrected chi connectivity index (χ4v) is 5.02. The molecule has 5 rings (SSSR count). The predicted molar refractivity (Wildman–Crippen MR) is 130 cm³/mol. The van der Waals surface area contributed by atoms with Crippen molar-refractivity contribution in [3.8, 4) is 0 Å². The summed E-state index contributed by atoms with van der Waals surface area (Å²) in [5, 5.41) is 0. The highest BCUT2D eigenvalue weighted by molar-refractivity contribution is 6.09. The van der Waals surface area contributed by atoms with Crippen LogP contribution < -0.4 is 0 Å². The van der Waals surface area contributed by atoms with E-state index in [-0.39, 0.29) is 24.3 Å². The van der Waals surface area contributed by atoms with Crippen LogP contribution >= 0.6 is 0 Å². The molecule has 5 heteroatoms. The van der Waals surface area contributed by atoms with Crippen LogP contribution in [0.25, 0.3) is 0 Å². The van der Waals surface area contributed by atoms with Crippen LogP contribution in [0.3, 0.4) is 0 Å². The maximum Gasteiger partial charge on any atom is 0.316 e. The SMILES string of the molecule is CC1=NC2=C(C(=O)C[C@@H](c3ccccc3)C2)[C@H](c2ccccn2)C1C(=O)OCc1ccccc1. The first-order valence-corrected chi connectivity index (χ1v) is 11.6. The molecule has 0 N–H and O–H groups in total. The number of Topliss-reactive ketones (excluding diaryl/α,β-unsaturated/α-hetero) is 1. The Hall–Kier alpha value is -3.86. The number of benzene rings is 2. The number of ether oxygens (including phenoxy) is 1. The van der Waals surface area contributed by atoms with Gasteiger partial charge in [0.2, 0.25) is 0 Å². The molecule has 170 valence electrons. The summed E-state index contributed by atoms with van der Waals surface area (Å²) >= 11 is 0. The standard InChI is InChI=1S/C29H26N2O3/c1-19-26(29(33)34-18-20-10-4-2-5-11-20)28(23-14-8-9-15-30-23)27-24(31-19)16-22(17-25(27)32)21-12-6-3-7-13-21/h2-15,22,26,28H,16-18H2,1H3/t22-,26?,28+/m0/s1. The lowest BCUT2D eigenvalue weighted by Gasteiger charge is -2.36. The summed E-state index contributed by atoms with van der Waals surface area (Å²) < 4.78 is 5.71. The Kier molecular flexibility index (Phi) is 6.17. The molecule has 2 aliphatic rings. The molecule has 0 spiro atoms. The van der Waals surface area contributed by atoms with E-state index in [1.165, 1.54) is 0 Å². The van der Waals surface area contributed by atoms with E-state index < -0.39 is 11.8 Å². The van der Waals surface area contributed by atoms with Crippen LogP contribution in [-0.2, 0) is 20.9 Å². The number of hydrogen-bond acceptors (Lipinski definition) is 5. The van der Waals surface area contributed by atoms with E-state index in [0.717, 1.165) is 16.8 Å². The third-order valence-corrected chi connectivity index (χ3v) is 6.64. The molecule has 0 bridgehead atoms. The lowest BCUT2D eigenvalue weighted by molar-refractivity contribution is -0.148. The van der Waals surface area contributed by atoms with Crippen LogP contribution in [0.4, 0.5) is 0 Å². The lowest BCUT2D eigenvalue weighted by atomic mass is 9.70. The molecule has 0 fully saturated rings. The summed E-state index contributed by atoms with van der Waals surface area (Å²) in [6, 6.07) is 25.3. The van der Waals surface area contributed by atoms with Crippen LogP contribution in [0, 0.1) is 5.92 Å². The van der Waals surface area contributed by atoms with Crippen molar-refractivity contribution >= 4 is 17.5 Å². The average Bonchev–Trinajstić information content (AvgIpc) is 2.88. The molecule has 0 saturated heterocycles. The average molecular weight is 451 g/mol.